The summed E-state index contributed by atoms with van der Waals surface area (Å²) in [6, 6.07) is 9.98. The standard InChI is InChI=1S/C15H18N2O2/c16-8-7-12-3-1-2-4-13(12)11-15(19)17(9-10-18)14-5-6-14/h1-4,14,18H,5-7,9-11H2. The summed E-state index contributed by atoms with van der Waals surface area (Å²) in [7, 11) is 0. The summed E-state index contributed by atoms with van der Waals surface area (Å²) in [6.45, 7) is 0.409. The molecule has 1 N–H and O–H groups in total. The van der Waals surface area contributed by atoms with Gasteiger partial charge in [-0.15, -0.1) is 0 Å². The number of nitriles is 1. The Morgan fingerprint density at radius 1 is 1.37 bits per heavy atom. The van der Waals surface area contributed by atoms with E-state index in [2.05, 4.69) is 6.07 Å². The van der Waals surface area contributed by atoms with Crippen LogP contribution in [0.25, 0.3) is 0 Å². The van der Waals surface area contributed by atoms with E-state index >= 15 is 0 Å². The first-order chi connectivity index (χ1) is 9.26. The molecule has 1 aromatic carbocycles. The van der Waals surface area contributed by atoms with E-state index in [9.17, 15) is 4.79 Å². The smallest absolute Gasteiger partial charge is 0.227 e. The van der Waals surface area contributed by atoms with E-state index < -0.39 is 0 Å². The second-order valence-electron chi connectivity index (χ2n) is 4.82. The van der Waals surface area contributed by atoms with Crippen LogP contribution in [0.5, 0.6) is 0 Å². The molecular weight excluding hydrogens is 240 g/mol. The Labute approximate surface area is 113 Å². The van der Waals surface area contributed by atoms with Crippen LogP contribution in [0.3, 0.4) is 0 Å². The van der Waals surface area contributed by atoms with Gasteiger partial charge in [0.05, 0.1) is 25.5 Å². The van der Waals surface area contributed by atoms with Crippen molar-refractivity contribution in [3.63, 3.8) is 0 Å². The van der Waals surface area contributed by atoms with Crippen molar-refractivity contribution < 1.29 is 9.90 Å². The van der Waals surface area contributed by atoms with Gasteiger partial charge in [0.1, 0.15) is 0 Å². The lowest BCUT2D eigenvalue weighted by Gasteiger charge is -2.21. The highest BCUT2D eigenvalue weighted by molar-refractivity contribution is 5.79. The van der Waals surface area contributed by atoms with Gasteiger partial charge >= 0.3 is 0 Å². The van der Waals surface area contributed by atoms with Gasteiger partial charge in [-0.25, -0.2) is 0 Å². The van der Waals surface area contributed by atoms with Crippen molar-refractivity contribution >= 4 is 5.91 Å². The lowest BCUT2D eigenvalue weighted by Crippen LogP contribution is -2.36. The molecule has 0 atom stereocenters. The number of rotatable bonds is 6. The summed E-state index contributed by atoms with van der Waals surface area (Å²) in [5, 5.41) is 17.8. The zero-order valence-corrected chi connectivity index (χ0v) is 10.9. The first-order valence-corrected chi connectivity index (χ1v) is 6.60. The molecule has 1 saturated carbocycles. The third-order valence-electron chi connectivity index (χ3n) is 3.38. The number of hydrogen-bond donors (Lipinski definition) is 1. The third-order valence-corrected chi connectivity index (χ3v) is 3.38. The Bertz CT molecular complexity index is 489. The van der Waals surface area contributed by atoms with E-state index in [0.29, 0.717) is 25.4 Å². The predicted octanol–water partition coefficient (Wildman–Crippen LogP) is 1.28. The van der Waals surface area contributed by atoms with Crippen molar-refractivity contribution in [1.82, 2.24) is 4.90 Å². The van der Waals surface area contributed by atoms with Gasteiger partial charge in [0.15, 0.2) is 0 Å². The van der Waals surface area contributed by atoms with Crippen molar-refractivity contribution in [1.29, 1.82) is 5.26 Å². The van der Waals surface area contributed by atoms with Gasteiger partial charge in [-0.1, -0.05) is 24.3 Å². The second kappa shape index (κ2) is 6.35. The van der Waals surface area contributed by atoms with Crippen LogP contribution >= 0.6 is 0 Å². The van der Waals surface area contributed by atoms with Crippen molar-refractivity contribution in [2.24, 2.45) is 0 Å². The SMILES string of the molecule is N#CCc1ccccc1CC(=O)N(CCO)C1CC1. The molecule has 1 aliphatic carbocycles. The average Bonchev–Trinajstić information content (AvgIpc) is 3.23. The summed E-state index contributed by atoms with van der Waals surface area (Å²) in [5.41, 5.74) is 1.83. The molecule has 0 aliphatic heterocycles. The zero-order chi connectivity index (χ0) is 13.7. The lowest BCUT2D eigenvalue weighted by atomic mass is 10.0. The molecule has 2 rings (SSSR count). The van der Waals surface area contributed by atoms with Crippen LogP contribution in [0.15, 0.2) is 24.3 Å². The van der Waals surface area contributed by atoms with Crippen molar-refractivity contribution in [2.75, 3.05) is 13.2 Å². The number of benzene rings is 1. The molecule has 4 nitrogen and oxygen atoms in total. The normalized spacial score (nSPS) is 13.9. The van der Waals surface area contributed by atoms with Crippen molar-refractivity contribution in [3.05, 3.63) is 35.4 Å². The molecule has 0 radical (unpaired) electrons. The topological polar surface area (TPSA) is 64.3 Å². The Morgan fingerprint density at radius 2 is 2.05 bits per heavy atom. The van der Waals surface area contributed by atoms with Gasteiger partial charge in [0.25, 0.3) is 0 Å². The fraction of sp³-hybridized carbons (Fsp3) is 0.467. The number of carbonyl (C=O) groups is 1. The molecule has 4 heteroatoms. The number of aliphatic hydroxyl groups excluding tert-OH is 1. The highest BCUT2D eigenvalue weighted by Crippen LogP contribution is 2.27. The van der Waals surface area contributed by atoms with Crippen molar-refractivity contribution in [2.45, 2.75) is 31.7 Å². The molecule has 1 aromatic rings. The van der Waals surface area contributed by atoms with Crippen molar-refractivity contribution in [3.8, 4) is 6.07 Å². The fourth-order valence-corrected chi connectivity index (χ4v) is 2.26. The Balaban J connectivity index is 2.07. The van der Waals surface area contributed by atoms with Gasteiger partial charge in [-0.2, -0.15) is 5.26 Å². The van der Waals surface area contributed by atoms with E-state index in [0.717, 1.165) is 24.0 Å². The van der Waals surface area contributed by atoms with E-state index in [1.165, 1.54) is 0 Å². The minimum Gasteiger partial charge on any atom is -0.395 e. The molecule has 0 saturated heterocycles. The summed E-state index contributed by atoms with van der Waals surface area (Å²) in [4.78, 5) is 14.0. The molecule has 0 bridgehead atoms. The monoisotopic (exact) mass is 258 g/mol. The number of nitrogens with zero attached hydrogens (tertiary/aromatic N) is 2. The average molecular weight is 258 g/mol. The summed E-state index contributed by atoms with van der Waals surface area (Å²) in [5.74, 6) is 0.0435. The van der Waals surface area contributed by atoms with Gasteiger partial charge in [-0.3, -0.25) is 4.79 Å². The van der Waals surface area contributed by atoms with Crippen LogP contribution in [0, 0.1) is 11.3 Å². The molecule has 1 aliphatic rings. The van der Waals surface area contributed by atoms with Crippen LogP contribution in [0.4, 0.5) is 0 Å². The molecule has 0 unspecified atom stereocenters. The first-order valence-electron chi connectivity index (χ1n) is 6.60. The van der Waals surface area contributed by atoms with Gasteiger partial charge in [0, 0.05) is 12.6 Å². The first kappa shape index (κ1) is 13.6. The third kappa shape index (κ3) is 3.55. The second-order valence-corrected chi connectivity index (χ2v) is 4.82. The molecule has 0 heterocycles. The highest BCUT2D eigenvalue weighted by Gasteiger charge is 2.32. The van der Waals surface area contributed by atoms with Crippen LogP contribution in [0.1, 0.15) is 24.0 Å². The van der Waals surface area contributed by atoms with Crippen LogP contribution in [0.2, 0.25) is 0 Å². The fourth-order valence-electron chi connectivity index (χ4n) is 2.26. The maximum Gasteiger partial charge on any atom is 0.227 e. The summed E-state index contributed by atoms with van der Waals surface area (Å²) >= 11 is 0. The number of hydrogen-bond acceptors (Lipinski definition) is 3. The van der Waals surface area contributed by atoms with Gasteiger partial charge in [0.2, 0.25) is 5.91 Å². The van der Waals surface area contributed by atoms with E-state index in [1.54, 1.807) is 4.90 Å². The number of aliphatic hydroxyl groups is 1. The van der Waals surface area contributed by atoms with Crippen LogP contribution in [-0.4, -0.2) is 35.1 Å². The lowest BCUT2D eigenvalue weighted by molar-refractivity contribution is -0.131. The quantitative estimate of drug-likeness (QED) is 0.836. The molecule has 19 heavy (non-hydrogen) atoms. The Morgan fingerprint density at radius 3 is 2.63 bits per heavy atom. The minimum atomic E-state index is 0.00207. The maximum atomic E-state index is 12.3. The largest absolute Gasteiger partial charge is 0.395 e. The molecule has 1 amide bonds. The zero-order valence-electron chi connectivity index (χ0n) is 10.9. The maximum absolute atomic E-state index is 12.3. The summed E-state index contributed by atoms with van der Waals surface area (Å²) < 4.78 is 0. The highest BCUT2D eigenvalue weighted by atomic mass is 16.3. The number of carbonyl (C=O) groups excluding carboxylic acids is 1. The van der Waals surface area contributed by atoms with E-state index in [1.807, 2.05) is 24.3 Å². The van der Waals surface area contributed by atoms with Gasteiger partial charge < -0.3 is 10.0 Å². The summed E-state index contributed by atoms with van der Waals surface area (Å²) in [6.07, 6.45) is 2.71. The predicted molar refractivity (Wildman–Crippen MR) is 71.3 cm³/mol. The van der Waals surface area contributed by atoms with Gasteiger partial charge in [-0.05, 0) is 24.0 Å². The van der Waals surface area contributed by atoms with E-state index in [4.69, 9.17) is 10.4 Å². The molecule has 0 spiro atoms. The van der Waals surface area contributed by atoms with Crippen LogP contribution < -0.4 is 0 Å². The van der Waals surface area contributed by atoms with Crippen LogP contribution in [-0.2, 0) is 17.6 Å². The minimum absolute atomic E-state index is 0.00207. The molecule has 1 fully saturated rings. The molecular formula is C15H18N2O2. The van der Waals surface area contributed by atoms with E-state index in [-0.39, 0.29) is 12.5 Å². The molecule has 100 valence electrons. The number of amides is 1. The Hall–Kier alpha value is -1.86. The Kier molecular flexibility index (Phi) is 4.53. The molecule has 0 aromatic heterocycles.